The number of hydrazine groups is 1. The van der Waals surface area contributed by atoms with Crippen molar-refractivity contribution in [1.82, 2.24) is 5.43 Å². The number of benzene rings is 1. The molecular formula is C11H17BrN2. The monoisotopic (exact) mass is 256 g/mol. The highest BCUT2D eigenvalue weighted by Gasteiger charge is 2.10. The first-order chi connectivity index (χ1) is 6.69. The zero-order valence-electron chi connectivity index (χ0n) is 8.68. The van der Waals surface area contributed by atoms with Crippen LogP contribution in [0, 0.1) is 6.92 Å². The predicted octanol–water partition coefficient (Wildman–Crippen LogP) is 3.06. The van der Waals surface area contributed by atoms with Crippen LogP contribution < -0.4 is 11.3 Å². The van der Waals surface area contributed by atoms with Gasteiger partial charge in [-0.25, -0.2) is 0 Å². The molecule has 0 aliphatic heterocycles. The maximum absolute atomic E-state index is 5.54. The second kappa shape index (κ2) is 5.49. The Bertz CT molecular complexity index is 299. The van der Waals surface area contributed by atoms with Crippen molar-refractivity contribution in [2.45, 2.75) is 32.7 Å². The van der Waals surface area contributed by atoms with E-state index in [2.05, 4.69) is 53.4 Å². The van der Waals surface area contributed by atoms with Gasteiger partial charge in [0.25, 0.3) is 0 Å². The van der Waals surface area contributed by atoms with Crippen molar-refractivity contribution in [2.75, 3.05) is 0 Å². The Morgan fingerprint density at radius 1 is 1.50 bits per heavy atom. The molecule has 3 N–H and O–H groups in total. The highest BCUT2D eigenvalue weighted by molar-refractivity contribution is 9.10. The number of hydrogen-bond acceptors (Lipinski definition) is 2. The Kier molecular flexibility index (Phi) is 4.58. The van der Waals surface area contributed by atoms with Gasteiger partial charge in [-0.15, -0.1) is 0 Å². The zero-order chi connectivity index (χ0) is 10.6. The predicted molar refractivity (Wildman–Crippen MR) is 63.9 cm³/mol. The van der Waals surface area contributed by atoms with E-state index < -0.39 is 0 Å². The molecule has 0 saturated carbocycles. The van der Waals surface area contributed by atoms with Crippen molar-refractivity contribution >= 4 is 15.9 Å². The fourth-order valence-electron chi connectivity index (χ4n) is 1.60. The third-order valence-electron chi connectivity index (χ3n) is 2.40. The standard InChI is InChI=1S/C11H17BrN2/c1-3-4-11(14-13)10-7-9(12)6-5-8(10)2/h5-7,11,14H,3-4,13H2,1-2H3. The molecule has 0 spiro atoms. The van der Waals surface area contributed by atoms with E-state index in [1.54, 1.807) is 0 Å². The van der Waals surface area contributed by atoms with Crippen molar-refractivity contribution in [1.29, 1.82) is 0 Å². The van der Waals surface area contributed by atoms with Crippen LogP contribution in [0.25, 0.3) is 0 Å². The highest BCUT2D eigenvalue weighted by atomic mass is 79.9. The molecule has 0 heterocycles. The molecule has 0 radical (unpaired) electrons. The first kappa shape index (κ1) is 11.7. The second-order valence-corrected chi connectivity index (χ2v) is 4.42. The van der Waals surface area contributed by atoms with E-state index in [4.69, 9.17) is 5.84 Å². The van der Waals surface area contributed by atoms with E-state index in [0.29, 0.717) is 0 Å². The van der Waals surface area contributed by atoms with Gasteiger partial charge in [-0.3, -0.25) is 11.3 Å². The number of hydrogen-bond donors (Lipinski definition) is 2. The van der Waals surface area contributed by atoms with Crippen LogP contribution in [-0.4, -0.2) is 0 Å². The van der Waals surface area contributed by atoms with Gasteiger partial charge < -0.3 is 0 Å². The number of nitrogens with two attached hydrogens (primary N) is 1. The summed E-state index contributed by atoms with van der Waals surface area (Å²) in [7, 11) is 0. The highest BCUT2D eigenvalue weighted by Crippen LogP contribution is 2.24. The van der Waals surface area contributed by atoms with Crippen LogP contribution in [0.1, 0.15) is 36.9 Å². The smallest absolute Gasteiger partial charge is 0.0462 e. The summed E-state index contributed by atoms with van der Waals surface area (Å²) in [6.45, 7) is 4.28. The molecule has 0 aliphatic rings. The van der Waals surface area contributed by atoms with Gasteiger partial charge in [0, 0.05) is 10.5 Å². The van der Waals surface area contributed by atoms with Crippen molar-refractivity contribution in [2.24, 2.45) is 5.84 Å². The molecule has 0 amide bonds. The number of nitrogens with one attached hydrogen (secondary N) is 1. The summed E-state index contributed by atoms with van der Waals surface area (Å²) in [6.07, 6.45) is 2.19. The van der Waals surface area contributed by atoms with Crippen molar-refractivity contribution in [3.05, 3.63) is 33.8 Å². The first-order valence-corrected chi connectivity index (χ1v) is 5.70. The minimum absolute atomic E-state index is 0.262. The van der Waals surface area contributed by atoms with Gasteiger partial charge in [-0.2, -0.15) is 0 Å². The maximum atomic E-state index is 5.54. The molecule has 1 aromatic rings. The van der Waals surface area contributed by atoms with Gasteiger partial charge in [0.1, 0.15) is 0 Å². The van der Waals surface area contributed by atoms with Crippen LogP contribution in [0.3, 0.4) is 0 Å². The summed E-state index contributed by atoms with van der Waals surface area (Å²) >= 11 is 3.48. The second-order valence-electron chi connectivity index (χ2n) is 3.51. The Morgan fingerprint density at radius 2 is 2.21 bits per heavy atom. The normalized spacial score (nSPS) is 12.9. The van der Waals surface area contributed by atoms with Crippen LogP contribution >= 0.6 is 15.9 Å². The molecule has 1 atom stereocenters. The molecular weight excluding hydrogens is 240 g/mol. The lowest BCUT2D eigenvalue weighted by Gasteiger charge is -2.18. The summed E-state index contributed by atoms with van der Waals surface area (Å²) in [6, 6.07) is 6.56. The average molecular weight is 257 g/mol. The molecule has 14 heavy (non-hydrogen) atoms. The average Bonchev–Trinajstić information content (AvgIpc) is 2.18. The largest absolute Gasteiger partial charge is 0.271 e. The molecule has 0 saturated heterocycles. The van der Waals surface area contributed by atoms with Crippen LogP contribution in [0.2, 0.25) is 0 Å². The van der Waals surface area contributed by atoms with Gasteiger partial charge in [0.05, 0.1) is 0 Å². The lowest BCUT2D eigenvalue weighted by molar-refractivity contribution is 0.508. The molecule has 1 unspecified atom stereocenters. The molecule has 0 aromatic heterocycles. The fourth-order valence-corrected chi connectivity index (χ4v) is 1.98. The van der Waals surface area contributed by atoms with E-state index in [0.717, 1.165) is 17.3 Å². The molecule has 1 rings (SSSR count). The molecule has 0 fully saturated rings. The van der Waals surface area contributed by atoms with Crippen LogP contribution in [-0.2, 0) is 0 Å². The summed E-state index contributed by atoms with van der Waals surface area (Å²) in [5.41, 5.74) is 5.43. The van der Waals surface area contributed by atoms with E-state index in [9.17, 15) is 0 Å². The van der Waals surface area contributed by atoms with Gasteiger partial charge >= 0.3 is 0 Å². The van der Waals surface area contributed by atoms with E-state index in [-0.39, 0.29) is 6.04 Å². The van der Waals surface area contributed by atoms with E-state index in [1.165, 1.54) is 11.1 Å². The Morgan fingerprint density at radius 3 is 2.79 bits per heavy atom. The molecule has 0 bridgehead atoms. The molecule has 1 aromatic carbocycles. The number of halogens is 1. The quantitative estimate of drug-likeness (QED) is 0.642. The van der Waals surface area contributed by atoms with E-state index in [1.807, 2.05) is 0 Å². The van der Waals surface area contributed by atoms with Gasteiger partial charge in [-0.1, -0.05) is 35.3 Å². The Hall–Kier alpha value is -0.380. The van der Waals surface area contributed by atoms with Crippen LogP contribution in [0.15, 0.2) is 22.7 Å². The minimum Gasteiger partial charge on any atom is -0.271 e. The third-order valence-corrected chi connectivity index (χ3v) is 2.89. The Labute approximate surface area is 94.0 Å². The lowest BCUT2D eigenvalue weighted by atomic mass is 9.98. The zero-order valence-corrected chi connectivity index (χ0v) is 10.3. The number of aryl methyl sites for hydroxylation is 1. The Balaban J connectivity index is 2.96. The minimum atomic E-state index is 0.262. The van der Waals surface area contributed by atoms with Gasteiger partial charge in [-0.05, 0) is 36.6 Å². The van der Waals surface area contributed by atoms with Gasteiger partial charge in [0.15, 0.2) is 0 Å². The lowest BCUT2D eigenvalue weighted by Crippen LogP contribution is -2.28. The topological polar surface area (TPSA) is 38.0 Å². The SMILES string of the molecule is CCCC(NN)c1cc(Br)ccc1C. The molecule has 78 valence electrons. The summed E-state index contributed by atoms with van der Waals surface area (Å²) in [5, 5.41) is 0. The first-order valence-electron chi connectivity index (χ1n) is 4.91. The molecule has 3 heteroatoms. The third kappa shape index (κ3) is 2.80. The van der Waals surface area contributed by atoms with Gasteiger partial charge in [0.2, 0.25) is 0 Å². The summed E-state index contributed by atoms with van der Waals surface area (Å²) < 4.78 is 1.11. The van der Waals surface area contributed by atoms with Crippen LogP contribution in [0.4, 0.5) is 0 Å². The fraction of sp³-hybridized carbons (Fsp3) is 0.455. The van der Waals surface area contributed by atoms with Crippen LogP contribution in [0.5, 0.6) is 0 Å². The van der Waals surface area contributed by atoms with Crippen molar-refractivity contribution in [3.8, 4) is 0 Å². The number of rotatable bonds is 4. The maximum Gasteiger partial charge on any atom is 0.0462 e. The van der Waals surface area contributed by atoms with Crippen molar-refractivity contribution < 1.29 is 0 Å². The summed E-state index contributed by atoms with van der Waals surface area (Å²) in [5.74, 6) is 5.54. The molecule has 2 nitrogen and oxygen atoms in total. The van der Waals surface area contributed by atoms with Crippen molar-refractivity contribution in [3.63, 3.8) is 0 Å². The van der Waals surface area contributed by atoms with E-state index >= 15 is 0 Å². The molecule has 0 aliphatic carbocycles. The summed E-state index contributed by atoms with van der Waals surface area (Å²) in [4.78, 5) is 0.